The van der Waals surface area contributed by atoms with Gasteiger partial charge in [0.1, 0.15) is 5.75 Å². The molecule has 3 aromatic rings. The maximum absolute atomic E-state index is 11.9. The standard InChI is InChI=1S/C19H20N4O2/c1-13-17(16-6-4-5-7-18(16)23(13)2)12-20-22-19(24)21-14-8-10-15(25-3)11-9-14/h4-12H,1-3H3,(H2,21,22,24)/b20-12-. The van der Waals surface area contributed by atoms with Crippen molar-refractivity contribution in [1.82, 2.24) is 9.99 Å². The maximum Gasteiger partial charge on any atom is 0.339 e. The Morgan fingerprint density at radius 1 is 1.16 bits per heavy atom. The number of methoxy groups -OCH3 is 1. The van der Waals surface area contributed by atoms with Gasteiger partial charge in [0.15, 0.2) is 0 Å². The number of carbonyl (C=O) groups excluding carboxylic acids is 1. The van der Waals surface area contributed by atoms with Gasteiger partial charge in [-0.05, 0) is 37.3 Å². The van der Waals surface area contributed by atoms with Gasteiger partial charge in [-0.25, -0.2) is 10.2 Å². The first-order valence-electron chi connectivity index (χ1n) is 7.88. The topological polar surface area (TPSA) is 67.7 Å². The summed E-state index contributed by atoms with van der Waals surface area (Å²) in [6, 6.07) is 14.8. The van der Waals surface area contributed by atoms with Gasteiger partial charge in [-0.3, -0.25) is 0 Å². The average molecular weight is 336 g/mol. The van der Waals surface area contributed by atoms with Crippen molar-refractivity contribution >= 4 is 28.8 Å². The van der Waals surface area contributed by atoms with Gasteiger partial charge >= 0.3 is 6.03 Å². The average Bonchev–Trinajstić information content (AvgIpc) is 2.87. The number of anilines is 1. The third-order valence-electron chi connectivity index (χ3n) is 4.16. The highest BCUT2D eigenvalue weighted by Gasteiger charge is 2.09. The number of rotatable bonds is 4. The van der Waals surface area contributed by atoms with E-state index in [1.165, 1.54) is 0 Å². The summed E-state index contributed by atoms with van der Waals surface area (Å²) < 4.78 is 7.19. The summed E-state index contributed by atoms with van der Waals surface area (Å²) in [5, 5.41) is 7.88. The zero-order valence-electron chi connectivity index (χ0n) is 14.4. The predicted molar refractivity (Wildman–Crippen MR) is 100 cm³/mol. The highest BCUT2D eigenvalue weighted by Crippen LogP contribution is 2.23. The summed E-state index contributed by atoms with van der Waals surface area (Å²) in [7, 11) is 3.61. The second kappa shape index (κ2) is 7.09. The highest BCUT2D eigenvalue weighted by atomic mass is 16.5. The molecule has 6 nitrogen and oxygen atoms in total. The number of nitrogens with one attached hydrogen (secondary N) is 2. The number of aromatic nitrogens is 1. The molecule has 0 saturated heterocycles. The van der Waals surface area contributed by atoms with Crippen LogP contribution >= 0.6 is 0 Å². The van der Waals surface area contributed by atoms with Crippen LogP contribution < -0.4 is 15.5 Å². The van der Waals surface area contributed by atoms with Gasteiger partial charge in [0.2, 0.25) is 0 Å². The molecule has 2 N–H and O–H groups in total. The van der Waals surface area contributed by atoms with Gasteiger partial charge in [0.25, 0.3) is 0 Å². The molecule has 0 aliphatic carbocycles. The Bertz CT molecular complexity index is 926. The van der Waals surface area contributed by atoms with E-state index in [0.717, 1.165) is 27.9 Å². The lowest BCUT2D eigenvalue weighted by atomic mass is 10.1. The first-order chi connectivity index (χ1) is 12.1. The van der Waals surface area contributed by atoms with Crippen LogP contribution in [0.15, 0.2) is 53.6 Å². The fraction of sp³-hybridized carbons (Fsp3) is 0.158. The lowest BCUT2D eigenvalue weighted by Crippen LogP contribution is -2.24. The van der Waals surface area contributed by atoms with E-state index in [0.29, 0.717) is 5.69 Å². The molecule has 0 aliphatic rings. The molecular formula is C19H20N4O2. The van der Waals surface area contributed by atoms with E-state index in [-0.39, 0.29) is 0 Å². The van der Waals surface area contributed by atoms with E-state index in [4.69, 9.17) is 4.74 Å². The van der Waals surface area contributed by atoms with E-state index < -0.39 is 6.03 Å². The summed E-state index contributed by atoms with van der Waals surface area (Å²) in [6.07, 6.45) is 1.67. The van der Waals surface area contributed by atoms with Crippen LogP contribution in [0.5, 0.6) is 5.75 Å². The molecular weight excluding hydrogens is 316 g/mol. The molecule has 0 unspecified atom stereocenters. The number of amides is 2. The van der Waals surface area contributed by atoms with Crippen molar-refractivity contribution in [2.24, 2.45) is 12.1 Å². The van der Waals surface area contributed by atoms with Crippen molar-refractivity contribution in [2.45, 2.75) is 6.92 Å². The Hall–Kier alpha value is -3.28. The van der Waals surface area contributed by atoms with Crippen LogP contribution in [-0.4, -0.2) is 23.9 Å². The quantitative estimate of drug-likeness (QED) is 0.564. The molecule has 0 atom stereocenters. The highest BCUT2D eigenvalue weighted by molar-refractivity contribution is 6.01. The summed E-state index contributed by atoms with van der Waals surface area (Å²) in [6.45, 7) is 2.03. The summed E-state index contributed by atoms with van der Waals surface area (Å²) in [5.74, 6) is 0.732. The van der Waals surface area contributed by atoms with Crippen molar-refractivity contribution in [1.29, 1.82) is 0 Å². The molecule has 0 aliphatic heterocycles. The van der Waals surface area contributed by atoms with Gasteiger partial charge in [0, 0.05) is 34.9 Å². The number of aryl methyl sites for hydroxylation is 1. The second-order valence-electron chi connectivity index (χ2n) is 5.63. The van der Waals surface area contributed by atoms with Crippen molar-refractivity contribution < 1.29 is 9.53 Å². The normalized spacial score (nSPS) is 11.0. The number of benzene rings is 2. The third kappa shape index (κ3) is 3.47. The van der Waals surface area contributed by atoms with E-state index in [1.54, 1.807) is 37.6 Å². The number of hydrogen-bond donors (Lipinski definition) is 2. The molecule has 0 fully saturated rings. The Labute approximate surface area is 146 Å². The number of nitrogens with zero attached hydrogens (tertiary/aromatic N) is 2. The molecule has 128 valence electrons. The molecule has 1 aromatic heterocycles. The molecule has 1 heterocycles. The molecule has 0 spiro atoms. The zero-order valence-corrected chi connectivity index (χ0v) is 14.4. The molecule has 0 saturated carbocycles. The predicted octanol–water partition coefficient (Wildman–Crippen LogP) is 3.65. The van der Waals surface area contributed by atoms with Gasteiger partial charge in [-0.2, -0.15) is 5.10 Å². The van der Waals surface area contributed by atoms with Gasteiger partial charge < -0.3 is 14.6 Å². The van der Waals surface area contributed by atoms with Crippen LogP contribution in [0.25, 0.3) is 10.9 Å². The molecule has 25 heavy (non-hydrogen) atoms. The Morgan fingerprint density at radius 2 is 1.88 bits per heavy atom. The minimum absolute atomic E-state index is 0.403. The Morgan fingerprint density at radius 3 is 2.60 bits per heavy atom. The fourth-order valence-corrected chi connectivity index (χ4v) is 2.70. The van der Waals surface area contributed by atoms with Crippen LogP contribution in [0, 0.1) is 6.92 Å². The van der Waals surface area contributed by atoms with Crippen LogP contribution in [0.4, 0.5) is 10.5 Å². The third-order valence-corrected chi connectivity index (χ3v) is 4.16. The molecule has 2 aromatic carbocycles. The maximum atomic E-state index is 11.9. The minimum atomic E-state index is -0.403. The van der Waals surface area contributed by atoms with Crippen LogP contribution in [0.1, 0.15) is 11.3 Å². The van der Waals surface area contributed by atoms with E-state index in [9.17, 15) is 4.79 Å². The summed E-state index contributed by atoms with van der Waals surface area (Å²) in [5.41, 5.74) is 6.35. The van der Waals surface area contributed by atoms with Crippen molar-refractivity contribution in [3.8, 4) is 5.75 Å². The second-order valence-corrected chi connectivity index (χ2v) is 5.63. The largest absolute Gasteiger partial charge is 0.497 e. The molecule has 2 amide bonds. The zero-order chi connectivity index (χ0) is 17.8. The van der Waals surface area contributed by atoms with Crippen molar-refractivity contribution in [3.63, 3.8) is 0 Å². The van der Waals surface area contributed by atoms with Crippen LogP contribution in [0.3, 0.4) is 0 Å². The van der Waals surface area contributed by atoms with Gasteiger partial charge in [-0.1, -0.05) is 18.2 Å². The van der Waals surface area contributed by atoms with E-state index in [2.05, 4.69) is 26.5 Å². The lowest BCUT2D eigenvalue weighted by Gasteiger charge is -2.05. The summed E-state index contributed by atoms with van der Waals surface area (Å²) in [4.78, 5) is 11.9. The molecule has 0 radical (unpaired) electrons. The van der Waals surface area contributed by atoms with E-state index >= 15 is 0 Å². The van der Waals surface area contributed by atoms with Crippen molar-refractivity contribution in [2.75, 3.05) is 12.4 Å². The van der Waals surface area contributed by atoms with Crippen molar-refractivity contribution in [3.05, 3.63) is 59.8 Å². The van der Waals surface area contributed by atoms with Crippen LogP contribution in [0.2, 0.25) is 0 Å². The van der Waals surface area contributed by atoms with Crippen LogP contribution in [-0.2, 0) is 7.05 Å². The molecule has 0 bridgehead atoms. The minimum Gasteiger partial charge on any atom is -0.497 e. The number of para-hydroxylation sites is 1. The van der Waals surface area contributed by atoms with E-state index in [1.807, 2.05) is 32.2 Å². The first-order valence-corrected chi connectivity index (χ1v) is 7.88. The lowest BCUT2D eigenvalue weighted by molar-refractivity contribution is 0.252. The van der Waals surface area contributed by atoms with Gasteiger partial charge in [-0.15, -0.1) is 0 Å². The SMILES string of the molecule is COc1ccc(NC(=O)N/N=C\c2c(C)n(C)c3ccccc23)cc1. The number of carbonyl (C=O) groups is 1. The Balaban J connectivity index is 1.68. The number of ether oxygens (including phenoxy) is 1. The Kier molecular flexibility index (Phi) is 4.70. The fourth-order valence-electron chi connectivity index (χ4n) is 2.70. The number of fused-ring (bicyclic) bond motifs is 1. The monoisotopic (exact) mass is 336 g/mol. The molecule has 6 heteroatoms. The molecule has 3 rings (SSSR count). The number of hydrogen-bond acceptors (Lipinski definition) is 3. The smallest absolute Gasteiger partial charge is 0.339 e. The number of urea groups is 1. The summed E-state index contributed by atoms with van der Waals surface area (Å²) >= 11 is 0. The first kappa shape index (κ1) is 16.6. The number of hydrazone groups is 1. The van der Waals surface area contributed by atoms with Gasteiger partial charge in [0.05, 0.1) is 13.3 Å².